The SMILES string of the molecule is Cc1ccc(NCc2ccccc2Cl)c(Br)c1. The van der Waals surface area contributed by atoms with E-state index in [0.29, 0.717) is 0 Å². The monoisotopic (exact) mass is 309 g/mol. The molecule has 2 aromatic rings. The predicted molar refractivity (Wildman–Crippen MR) is 77.7 cm³/mol. The molecule has 0 aliphatic heterocycles. The molecule has 0 aliphatic rings. The van der Waals surface area contributed by atoms with Gasteiger partial charge >= 0.3 is 0 Å². The lowest BCUT2D eigenvalue weighted by Gasteiger charge is -2.10. The fraction of sp³-hybridized carbons (Fsp3) is 0.143. The molecule has 0 radical (unpaired) electrons. The highest BCUT2D eigenvalue weighted by atomic mass is 79.9. The van der Waals surface area contributed by atoms with Crippen molar-refractivity contribution in [1.82, 2.24) is 0 Å². The highest BCUT2D eigenvalue weighted by molar-refractivity contribution is 9.10. The number of hydrogen-bond acceptors (Lipinski definition) is 1. The van der Waals surface area contributed by atoms with E-state index in [2.05, 4.69) is 46.4 Å². The highest BCUT2D eigenvalue weighted by Gasteiger charge is 2.01. The number of hydrogen-bond donors (Lipinski definition) is 1. The van der Waals surface area contributed by atoms with Crippen molar-refractivity contribution in [3.63, 3.8) is 0 Å². The number of benzene rings is 2. The van der Waals surface area contributed by atoms with Gasteiger partial charge in [-0.2, -0.15) is 0 Å². The second-order valence-corrected chi connectivity index (χ2v) is 5.19. The third-order valence-corrected chi connectivity index (χ3v) is 3.58. The van der Waals surface area contributed by atoms with Crippen molar-refractivity contribution in [3.05, 3.63) is 63.1 Å². The summed E-state index contributed by atoms with van der Waals surface area (Å²) in [7, 11) is 0. The van der Waals surface area contributed by atoms with Gasteiger partial charge in [0.1, 0.15) is 0 Å². The van der Waals surface area contributed by atoms with Crippen molar-refractivity contribution in [2.24, 2.45) is 0 Å². The van der Waals surface area contributed by atoms with E-state index in [1.807, 2.05) is 24.3 Å². The molecule has 0 unspecified atom stereocenters. The maximum Gasteiger partial charge on any atom is 0.0487 e. The number of nitrogens with one attached hydrogen (secondary N) is 1. The van der Waals surface area contributed by atoms with Crippen molar-refractivity contribution in [2.45, 2.75) is 13.5 Å². The summed E-state index contributed by atoms with van der Waals surface area (Å²) in [5.74, 6) is 0. The van der Waals surface area contributed by atoms with Crippen molar-refractivity contribution in [1.29, 1.82) is 0 Å². The maximum absolute atomic E-state index is 6.10. The second kappa shape index (κ2) is 5.56. The Kier molecular flexibility index (Phi) is 4.08. The van der Waals surface area contributed by atoms with Crippen LogP contribution in [0.4, 0.5) is 5.69 Å². The van der Waals surface area contributed by atoms with Gasteiger partial charge in [0.25, 0.3) is 0 Å². The van der Waals surface area contributed by atoms with Crippen LogP contribution in [0.25, 0.3) is 0 Å². The van der Waals surface area contributed by atoms with Crippen molar-refractivity contribution >= 4 is 33.2 Å². The first-order valence-corrected chi connectivity index (χ1v) is 6.57. The molecule has 2 rings (SSSR count). The third kappa shape index (κ3) is 3.24. The molecule has 0 saturated carbocycles. The van der Waals surface area contributed by atoms with Crippen LogP contribution < -0.4 is 5.32 Å². The topological polar surface area (TPSA) is 12.0 Å². The van der Waals surface area contributed by atoms with Crippen LogP contribution in [0.5, 0.6) is 0 Å². The first-order valence-electron chi connectivity index (χ1n) is 5.40. The summed E-state index contributed by atoms with van der Waals surface area (Å²) in [5.41, 5.74) is 3.41. The molecule has 3 heteroatoms. The van der Waals surface area contributed by atoms with Crippen LogP contribution in [0.3, 0.4) is 0 Å². The van der Waals surface area contributed by atoms with Gasteiger partial charge in [0.15, 0.2) is 0 Å². The van der Waals surface area contributed by atoms with Gasteiger partial charge in [-0.15, -0.1) is 0 Å². The molecule has 1 N–H and O–H groups in total. The maximum atomic E-state index is 6.10. The van der Waals surface area contributed by atoms with E-state index in [0.717, 1.165) is 27.3 Å². The van der Waals surface area contributed by atoms with Gasteiger partial charge < -0.3 is 5.32 Å². The molecule has 0 aliphatic carbocycles. The Hall–Kier alpha value is -0.990. The standard InChI is InChI=1S/C14H13BrClN/c1-10-6-7-14(12(15)8-10)17-9-11-4-2-3-5-13(11)16/h2-8,17H,9H2,1H3. The van der Waals surface area contributed by atoms with Crippen LogP contribution in [0, 0.1) is 6.92 Å². The highest BCUT2D eigenvalue weighted by Crippen LogP contribution is 2.24. The summed E-state index contributed by atoms with van der Waals surface area (Å²) >= 11 is 9.65. The lowest BCUT2D eigenvalue weighted by molar-refractivity contribution is 1.14. The molecule has 0 fully saturated rings. The summed E-state index contributed by atoms with van der Waals surface area (Å²) in [6.07, 6.45) is 0. The average molecular weight is 311 g/mol. The molecule has 2 aromatic carbocycles. The minimum Gasteiger partial charge on any atom is -0.380 e. The first-order chi connectivity index (χ1) is 8.16. The van der Waals surface area contributed by atoms with E-state index in [4.69, 9.17) is 11.6 Å². The van der Waals surface area contributed by atoms with Gasteiger partial charge in [-0.1, -0.05) is 35.9 Å². The molecule has 0 saturated heterocycles. The smallest absolute Gasteiger partial charge is 0.0487 e. The predicted octanol–water partition coefficient (Wildman–Crippen LogP) is 5.02. The number of halogens is 2. The number of aryl methyl sites for hydroxylation is 1. The molecule has 0 atom stereocenters. The molecule has 17 heavy (non-hydrogen) atoms. The van der Waals surface area contributed by atoms with Crippen LogP contribution in [0.1, 0.15) is 11.1 Å². The van der Waals surface area contributed by atoms with Gasteiger partial charge in [-0.05, 0) is 52.2 Å². The van der Waals surface area contributed by atoms with Gasteiger partial charge in [0.05, 0.1) is 0 Å². The summed E-state index contributed by atoms with van der Waals surface area (Å²) in [6.45, 7) is 2.80. The Balaban J connectivity index is 2.10. The van der Waals surface area contributed by atoms with E-state index in [1.54, 1.807) is 0 Å². The number of anilines is 1. The fourth-order valence-electron chi connectivity index (χ4n) is 1.60. The summed E-state index contributed by atoms with van der Waals surface area (Å²) in [4.78, 5) is 0. The van der Waals surface area contributed by atoms with Crippen LogP contribution in [-0.2, 0) is 6.54 Å². The van der Waals surface area contributed by atoms with Crippen LogP contribution in [-0.4, -0.2) is 0 Å². The Bertz CT molecular complexity index is 525. The van der Waals surface area contributed by atoms with E-state index in [9.17, 15) is 0 Å². The van der Waals surface area contributed by atoms with Crippen LogP contribution >= 0.6 is 27.5 Å². The van der Waals surface area contributed by atoms with Gasteiger partial charge in [-0.3, -0.25) is 0 Å². The van der Waals surface area contributed by atoms with E-state index < -0.39 is 0 Å². The molecule has 1 nitrogen and oxygen atoms in total. The largest absolute Gasteiger partial charge is 0.380 e. The summed E-state index contributed by atoms with van der Waals surface area (Å²) < 4.78 is 1.07. The first kappa shape index (κ1) is 12.5. The second-order valence-electron chi connectivity index (χ2n) is 3.93. The van der Waals surface area contributed by atoms with E-state index >= 15 is 0 Å². The molecule has 0 heterocycles. The zero-order chi connectivity index (χ0) is 12.3. The lowest BCUT2D eigenvalue weighted by Crippen LogP contribution is -2.00. The average Bonchev–Trinajstić information content (AvgIpc) is 2.30. The third-order valence-electron chi connectivity index (χ3n) is 2.55. The fourth-order valence-corrected chi connectivity index (χ4v) is 2.43. The van der Waals surface area contributed by atoms with Gasteiger partial charge in [-0.25, -0.2) is 0 Å². The van der Waals surface area contributed by atoms with Crippen LogP contribution in [0.15, 0.2) is 46.9 Å². The lowest BCUT2D eigenvalue weighted by atomic mass is 10.2. The number of rotatable bonds is 3. The molecular formula is C14H13BrClN. The van der Waals surface area contributed by atoms with E-state index in [-0.39, 0.29) is 0 Å². The summed E-state index contributed by atoms with van der Waals surface area (Å²) in [6, 6.07) is 14.1. The molecule has 0 aromatic heterocycles. The molecule has 0 amide bonds. The van der Waals surface area contributed by atoms with Crippen molar-refractivity contribution in [3.8, 4) is 0 Å². The van der Waals surface area contributed by atoms with Gasteiger partial charge in [0.2, 0.25) is 0 Å². The Labute approximate surface area is 115 Å². The quantitative estimate of drug-likeness (QED) is 0.839. The molecule has 0 spiro atoms. The Morgan fingerprint density at radius 1 is 1.18 bits per heavy atom. The van der Waals surface area contributed by atoms with Crippen LogP contribution in [0.2, 0.25) is 5.02 Å². The van der Waals surface area contributed by atoms with Crippen molar-refractivity contribution < 1.29 is 0 Å². The molecular weight excluding hydrogens is 298 g/mol. The Morgan fingerprint density at radius 3 is 2.65 bits per heavy atom. The molecule has 88 valence electrons. The minimum absolute atomic E-state index is 0.724. The van der Waals surface area contributed by atoms with Crippen molar-refractivity contribution in [2.75, 3.05) is 5.32 Å². The zero-order valence-electron chi connectivity index (χ0n) is 9.50. The summed E-state index contributed by atoms with van der Waals surface area (Å²) in [5, 5.41) is 4.16. The minimum atomic E-state index is 0.724. The van der Waals surface area contributed by atoms with Gasteiger partial charge in [0, 0.05) is 21.7 Å². The Morgan fingerprint density at radius 2 is 1.94 bits per heavy atom. The van der Waals surface area contributed by atoms with E-state index in [1.165, 1.54) is 5.56 Å². The zero-order valence-corrected chi connectivity index (χ0v) is 11.8. The molecule has 0 bridgehead atoms. The normalized spacial score (nSPS) is 10.3.